The van der Waals surface area contributed by atoms with Gasteiger partial charge in [-0.15, -0.1) is 0 Å². The molecule has 0 aliphatic heterocycles. The number of hydrogen-bond donors (Lipinski definition) is 1. The van der Waals surface area contributed by atoms with Crippen LogP contribution in [-0.4, -0.2) is 17.0 Å². The molecule has 0 atom stereocenters. The maximum absolute atomic E-state index is 11.3. The van der Waals surface area contributed by atoms with Crippen molar-refractivity contribution in [1.82, 2.24) is 0 Å². The van der Waals surface area contributed by atoms with Gasteiger partial charge in [0.15, 0.2) is 11.5 Å². The highest BCUT2D eigenvalue weighted by Gasteiger charge is 2.16. The SMILES string of the molecule is C=C(C)C(=O)Oc1cccc(O)c1OC(C)=O. The van der Waals surface area contributed by atoms with Gasteiger partial charge in [-0.25, -0.2) is 4.79 Å². The number of phenols is 1. The number of ether oxygens (including phenoxy) is 2. The highest BCUT2D eigenvalue weighted by Crippen LogP contribution is 2.36. The Labute approximate surface area is 98.3 Å². The first-order valence-electron chi connectivity index (χ1n) is 4.80. The first kappa shape index (κ1) is 12.8. The molecule has 1 N–H and O–H groups in total. The third kappa shape index (κ3) is 3.34. The van der Waals surface area contributed by atoms with Crippen molar-refractivity contribution >= 4 is 11.9 Å². The van der Waals surface area contributed by atoms with E-state index >= 15 is 0 Å². The van der Waals surface area contributed by atoms with Gasteiger partial charge in [-0.3, -0.25) is 4.79 Å². The highest BCUT2D eigenvalue weighted by molar-refractivity contribution is 5.89. The molecule has 0 unspecified atom stereocenters. The van der Waals surface area contributed by atoms with E-state index in [1.165, 1.54) is 32.0 Å². The van der Waals surface area contributed by atoms with Crippen LogP contribution in [0.15, 0.2) is 30.4 Å². The lowest BCUT2D eigenvalue weighted by Gasteiger charge is -2.10. The minimum Gasteiger partial charge on any atom is -0.504 e. The number of benzene rings is 1. The summed E-state index contributed by atoms with van der Waals surface area (Å²) >= 11 is 0. The average molecular weight is 236 g/mol. The van der Waals surface area contributed by atoms with E-state index in [9.17, 15) is 14.7 Å². The predicted molar refractivity (Wildman–Crippen MR) is 59.9 cm³/mol. The molecule has 5 nitrogen and oxygen atoms in total. The van der Waals surface area contributed by atoms with Crippen molar-refractivity contribution in [2.75, 3.05) is 0 Å². The maximum Gasteiger partial charge on any atom is 0.338 e. The van der Waals surface area contributed by atoms with Crippen LogP contribution >= 0.6 is 0 Å². The molecule has 0 fully saturated rings. The highest BCUT2D eigenvalue weighted by atomic mass is 16.6. The second kappa shape index (κ2) is 5.16. The summed E-state index contributed by atoms with van der Waals surface area (Å²) in [7, 11) is 0. The lowest BCUT2D eigenvalue weighted by molar-refractivity contribution is -0.134. The van der Waals surface area contributed by atoms with E-state index in [1.807, 2.05) is 0 Å². The minimum atomic E-state index is -0.663. The molecule has 5 heteroatoms. The van der Waals surface area contributed by atoms with E-state index in [2.05, 4.69) is 6.58 Å². The van der Waals surface area contributed by atoms with Crippen LogP contribution in [0.25, 0.3) is 0 Å². The molecule has 17 heavy (non-hydrogen) atoms. The van der Waals surface area contributed by atoms with Gasteiger partial charge in [0.1, 0.15) is 0 Å². The summed E-state index contributed by atoms with van der Waals surface area (Å²) in [6, 6.07) is 4.18. The van der Waals surface area contributed by atoms with Gasteiger partial charge >= 0.3 is 11.9 Å². The van der Waals surface area contributed by atoms with E-state index < -0.39 is 11.9 Å². The number of aromatic hydroxyl groups is 1. The Bertz CT molecular complexity index is 476. The van der Waals surface area contributed by atoms with E-state index in [0.29, 0.717) is 0 Å². The molecule has 90 valence electrons. The molecular weight excluding hydrogens is 224 g/mol. The van der Waals surface area contributed by atoms with Crippen molar-refractivity contribution in [3.05, 3.63) is 30.4 Å². The van der Waals surface area contributed by atoms with Crippen molar-refractivity contribution in [1.29, 1.82) is 0 Å². The average Bonchev–Trinajstić information content (AvgIpc) is 2.22. The van der Waals surface area contributed by atoms with Crippen molar-refractivity contribution in [3.8, 4) is 17.2 Å². The maximum atomic E-state index is 11.3. The Hall–Kier alpha value is -2.30. The Morgan fingerprint density at radius 2 is 1.88 bits per heavy atom. The third-order valence-electron chi connectivity index (χ3n) is 1.76. The molecule has 0 amide bonds. The molecule has 0 aliphatic rings. The Kier molecular flexibility index (Phi) is 3.87. The summed E-state index contributed by atoms with van der Waals surface area (Å²) < 4.78 is 9.67. The van der Waals surface area contributed by atoms with Gasteiger partial charge in [-0.05, 0) is 19.1 Å². The van der Waals surface area contributed by atoms with Gasteiger partial charge in [-0.2, -0.15) is 0 Å². The lowest BCUT2D eigenvalue weighted by atomic mass is 10.3. The first-order valence-corrected chi connectivity index (χ1v) is 4.80. The summed E-state index contributed by atoms with van der Waals surface area (Å²) in [6.07, 6.45) is 0. The van der Waals surface area contributed by atoms with E-state index in [-0.39, 0.29) is 22.8 Å². The third-order valence-corrected chi connectivity index (χ3v) is 1.76. The van der Waals surface area contributed by atoms with Crippen LogP contribution in [0.4, 0.5) is 0 Å². The van der Waals surface area contributed by atoms with Gasteiger partial charge in [-0.1, -0.05) is 12.6 Å². The zero-order valence-corrected chi connectivity index (χ0v) is 9.52. The zero-order chi connectivity index (χ0) is 13.0. The minimum absolute atomic E-state index is 0.0341. The van der Waals surface area contributed by atoms with E-state index in [1.54, 1.807) is 0 Å². The molecule has 0 saturated heterocycles. The van der Waals surface area contributed by atoms with Crippen molar-refractivity contribution in [3.63, 3.8) is 0 Å². The van der Waals surface area contributed by atoms with Crippen molar-refractivity contribution < 1.29 is 24.2 Å². The van der Waals surface area contributed by atoms with Gasteiger partial charge in [0.25, 0.3) is 0 Å². The summed E-state index contributed by atoms with van der Waals surface area (Å²) in [4.78, 5) is 22.2. The molecule has 0 aromatic heterocycles. The largest absolute Gasteiger partial charge is 0.504 e. The summed E-state index contributed by atoms with van der Waals surface area (Å²) in [5.74, 6) is -1.79. The molecule has 1 rings (SSSR count). The molecule has 0 radical (unpaired) electrons. The summed E-state index contributed by atoms with van der Waals surface area (Å²) in [5.41, 5.74) is 0.196. The fourth-order valence-corrected chi connectivity index (χ4v) is 1.02. The predicted octanol–water partition coefficient (Wildman–Crippen LogP) is 1.80. The lowest BCUT2D eigenvalue weighted by Crippen LogP contribution is -2.10. The Morgan fingerprint density at radius 1 is 1.24 bits per heavy atom. The normalized spacial score (nSPS) is 9.53. The fraction of sp³-hybridized carbons (Fsp3) is 0.167. The van der Waals surface area contributed by atoms with Crippen molar-refractivity contribution in [2.45, 2.75) is 13.8 Å². The zero-order valence-electron chi connectivity index (χ0n) is 9.52. The van der Waals surface area contributed by atoms with Crippen LogP contribution < -0.4 is 9.47 Å². The first-order chi connectivity index (χ1) is 7.91. The van der Waals surface area contributed by atoms with Gasteiger partial charge < -0.3 is 14.6 Å². The summed E-state index contributed by atoms with van der Waals surface area (Å²) in [5, 5.41) is 9.50. The van der Waals surface area contributed by atoms with Crippen LogP contribution in [0, 0.1) is 0 Å². The second-order valence-corrected chi connectivity index (χ2v) is 3.37. The van der Waals surface area contributed by atoms with E-state index in [0.717, 1.165) is 0 Å². The van der Waals surface area contributed by atoms with Gasteiger partial charge in [0, 0.05) is 12.5 Å². The van der Waals surface area contributed by atoms with Gasteiger partial charge in [0.2, 0.25) is 5.75 Å². The topological polar surface area (TPSA) is 72.8 Å². The number of carbonyl (C=O) groups is 2. The molecule has 0 spiro atoms. The molecule has 0 heterocycles. The van der Waals surface area contributed by atoms with Gasteiger partial charge in [0.05, 0.1) is 0 Å². The standard InChI is InChI=1S/C12H12O5/c1-7(2)12(15)17-10-6-4-5-9(14)11(10)16-8(3)13/h4-6,14H,1H2,2-3H3. The second-order valence-electron chi connectivity index (χ2n) is 3.37. The Balaban J connectivity index is 3.06. The quantitative estimate of drug-likeness (QED) is 0.492. The van der Waals surface area contributed by atoms with Crippen LogP contribution in [0.2, 0.25) is 0 Å². The number of para-hydroxylation sites is 1. The molecule has 1 aromatic carbocycles. The van der Waals surface area contributed by atoms with Crippen molar-refractivity contribution in [2.24, 2.45) is 0 Å². The number of phenolic OH excluding ortho intramolecular Hbond substituents is 1. The van der Waals surface area contributed by atoms with Crippen LogP contribution in [0.1, 0.15) is 13.8 Å². The molecule has 1 aromatic rings. The van der Waals surface area contributed by atoms with Crippen LogP contribution in [-0.2, 0) is 9.59 Å². The van der Waals surface area contributed by atoms with E-state index in [4.69, 9.17) is 9.47 Å². The number of carbonyl (C=O) groups excluding carboxylic acids is 2. The smallest absolute Gasteiger partial charge is 0.338 e. The monoisotopic (exact) mass is 236 g/mol. The number of esters is 2. The molecule has 0 saturated carbocycles. The fourth-order valence-electron chi connectivity index (χ4n) is 1.02. The molecule has 0 bridgehead atoms. The number of rotatable bonds is 3. The molecular formula is C12H12O5. The number of hydrogen-bond acceptors (Lipinski definition) is 5. The summed E-state index contributed by atoms with van der Waals surface area (Å²) in [6.45, 7) is 6.08. The Morgan fingerprint density at radius 3 is 2.41 bits per heavy atom. The molecule has 0 aliphatic carbocycles. The van der Waals surface area contributed by atoms with Crippen LogP contribution in [0.5, 0.6) is 17.2 Å². The van der Waals surface area contributed by atoms with Crippen LogP contribution in [0.3, 0.4) is 0 Å².